The van der Waals surface area contributed by atoms with Gasteiger partial charge in [-0.25, -0.2) is 8.42 Å². The predicted molar refractivity (Wildman–Crippen MR) is 116 cm³/mol. The van der Waals surface area contributed by atoms with Crippen LogP contribution in [-0.2, 0) is 29.2 Å². The van der Waals surface area contributed by atoms with Crippen molar-refractivity contribution >= 4 is 22.1 Å². The molecular formula is C22H39NaO7S. The topological polar surface area (TPSA) is 110 Å². The van der Waals surface area contributed by atoms with Gasteiger partial charge < -0.3 is 14.0 Å². The van der Waals surface area contributed by atoms with E-state index in [1.165, 1.54) is 63.9 Å². The van der Waals surface area contributed by atoms with Crippen LogP contribution in [0.15, 0.2) is 12.7 Å². The van der Waals surface area contributed by atoms with Gasteiger partial charge in [0.2, 0.25) is 0 Å². The number of hydrogen-bond donors (Lipinski definition) is 0. The van der Waals surface area contributed by atoms with Crippen LogP contribution in [0.4, 0.5) is 0 Å². The van der Waals surface area contributed by atoms with Gasteiger partial charge in [-0.15, -0.1) is 0 Å². The van der Waals surface area contributed by atoms with E-state index >= 15 is 0 Å². The molecule has 1 unspecified atom stereocenters. The van der Waals surface area contributed by atoms with Crippen LogP contribution in [0.1, 0.15) is 96.8 Å². The van der Waals surface area contributed by atoms with Crippen LogP contribution in [0.5, 0.6) is 0 Å². The van der Waals surface area contributed by atoms with Crippen LogP contribution in [0.2, 0.25) is 0 Å². The summed E-state index contributed by atoms with van der Waals surface area (Å²) in [6, 6.07) is 0. The van der Waals surface area contributed by atoms with Crippen molar-refractivity contribution in [3.8, 4) is 0 Å². The first-order valence-electron chi connectivity index (χ1n) is 11.2. The predicted octanol–water partition coefficient (Wildman–Crippen LogP) is 1.66. The van der Waals surface area contributed by atoms with Gasteiger partial charge in [-0.2, -0.15) is 0 Å². The zero-order valence-electron chi connectivity index (χ0n) is 19.4. The maximum Gasteiger partial charge on any atom is 1.00 e. The SMILES string of the molecule is C=CCOC(=O)CC(C(=O)OCCCCCCCCCCCCCCC)S(=O)(=O)[O-].[Na+]. The standard InChI is InChI=1S/C22H40O7S.Na/c1-3-5-6-7-8-9-10-11-12-13-14-15-16-18-29-22(24)20(30(25,26)27)19-21(23)28-17-4-2;/h4,20H,2-3,5-19H2,1H3,(H,25,26,27);/q;+1/p-1. The van der Waals surface area contributed by atoms with E-state index in [4.69, 9.17) is 4.74 Å². The van der Waals surface area contributed by atoms with Crippen molar-refractivity contribution in [2.75, 3.05) is 13.2 Å². The van der Waals surface area contributed by atoms with Gasteiger partial charge in [0.05, 0.1) is 13.0 Å². The van der Waals surface area contributed by atoms with Crippen molar-refractivity contribution in [2.24, 2.45) is 0 Å². The van der Waals surface area contributed by atoms with Gasteiger partial charge >= 0.3 is 41.5 Å². The maximum atomic E-state index is 11.9. The molecule has 9 heteroatoms. The Hall–Kier alpha value is -0.410. The van der Waals surface area contributed by atoms with E-state index < -0.39 is 33.7 Å². The van der Waals surface area contributed by atoms with Gasteiger partial charge in [-0.1, -0.05) is 96.6 Å². The third kappa shape index (κ3) is 20.0. The molecule has 0 saturated heterocycles. The number of esters is 2. The molecule has 0 aliphatic heterocycles. The zero-order chi connectivity index (χ0) is 22.7. The van der Waals surface area contributed by atoms with E-state index in [2.05, 4.69) is 18.2 Å². The van der Waals surface area contributed by atoms with E-state index in [1.807, 2.05) is 0 Å². The largest absolute Gasteiger partial charge is 1.00 e. The molecule has 0 aliphatic rings. The number of carbonyl (C=O) groups excluding carboxylic acids is 2. The molecule has 176 valence electrons. The molecule has 7 nitrogen and oxygen atoms in total. The molecule has 0 amide bonds. The summed E-state index contributed by atoms with van der Waals surface area (Å²) in [5.41, 5.74) is 0. The molecule has 0 radical (unpaired) electrons. The summed E-state index contributed by atoms with van der Waals surface area (Å²) in [5, 5.41) is -2.07. The van der Waals surface area contributed by atoms with Crippen LogP contribution in [0.3, 0.4) is 0 Å². The summed E-state index contributed by atoms with van der Waals surface area (Å²) < 4.78 is 43.3. The summed E-state index contributed by atoms with van der Waals surface area (Å²) in [4.78, 5) is 23.4. The molecule has 0 aliphatic carbocycles. The summed E-state index contributed by atoms with van der Waals surface area (Å²) in [6.07, 6.45) is 15.7. The van der Waals surface area contributed by atoms with Crippen molar-refractivity contribution in [3.63, 3.8) is 0 Å². The normalized spacial score (nSPS) is 11.9. The Labute approximate surface area is 210 Å². The molecule has 0 aromatic heterocycles. The van der Waals surface area contributed by atoms with Crippen molar-refractivity contribution in [1.29, 1.82) is 0 Å². The zero-order valence-corrected chi connectivity index (χ0v) is 22.3. The Bertz CT molecular complexity index is 578. The van der Waals surface area contributed by atoms with Crippen LogP contribution < -0.4 is 29.6 Å². The number of carbonyl (C=O) groups is 2. The fourth-order valence-corrected chi connectivity index (χ4v) is 3.69. The second-order valence-corrected chi connectivity index (χ2v) is 9.12. The number of ether oxygens (including phenoxy) is 2. The Morgan fingerprint density at radius 2 is 1.32 bits per heavy atom. The van der Waals surface area contributed by atoms with Crippen LogP contribution in [-0.4, -0.2) is 43.4 Å². The number of rotatable bonds is 20. The average molecular weight is 471 g/mol. The molecule has 0 fully saturated rings. The van der Waals surface area contributed by atoms with Crippen LogP contribution in [0.25, 0.3) is 0 Å². The van der Waals surface area contributed by atoms with Crippen LogP contribution in [0, 0.1) is 0 Å². The monoisotopic (exact) mass is 470 g/mol. The molecule has 0 aromatic carbocycles. The molecule has 0 aromatic rings. The van der Waals surface area contributed by atoms with Crippen molar-refractivity contribution in [2.45, 2.75) is 102 Å². The quantitative estimate of drug-likeness (QED) is 0.0875. The molecule has 0 rings (SSSR count). The summed E-state index contributed by atoms with van der Waals surface area (Å²) in [5.74, 6) is -2.16. The molecule has 0 saturated carbocycles. The minimum atomic E-state index is -5.00. The van der Waals surface area contributed by atoms with Crippen molar-refractivity contribution in [3.05, 3.63) is 12.7 Å². The molecule has 0 bridgehead atoms. The minimum absolute atomic E-state index is 0. The summed E-state index contributed by atoms with van der Waals surface area (Å²) >= 11 is 0. The van der Waals surface area contributed by atoms with E-state index in [0.29, 0.717) is 6.42 Å². The first-order valence-corrected chi connectivity index (χ1v) is 12.7. The van der Waals surface area contributed by atoms with E-state index in [0.717, 1.165) is 19.3 Å². The Kier molecular flexibility index (Phi) is 22.7. The van der Waals surface area contributed by atoms with Gasteiger partial charge in [0, 0.05) is 0 Å². The fourth-order valence-electron chi connectivity index (χ4n) is 3.05. The summed E-state index contributed by atoms with van der Waals surface area (Å²) in [7, 11) is -5.00. The first-order chi connectivity index (χ1) is 14.3. The number of hydrogen-bond acceptors (Lipinski definition) is 7. The average Bonchev–Trinajstić information content (AvgIpc) is 2.69. The van der Waals surface area contributed by atoms with E-state index in [9.17, 15) is 22.6 Å². The molecule has 0 heterocycles. The van der Waals surface area contributed by atoms with Crippen LogP contribution >= 0.6 is 0 Å². The molecule has 0 spiro atoms. The van der Waals surface area contributed by atoms with Crippen molar-refractivity contribution in [1.82, 2.24) is 0 Å². The number of unbranched alkanes of at least 4 members (excludes halogenated alkanes) is 12. The first kappa shape index (κ1) is 32.8. The van der Waals surface area contributed by atoms with Gasteiger partial charge in [-0.3, -0.25) is 9.59 Å². The van der Waals surface area contributed by atoms with Gasteiger partial charge in [0.1, 0.15) is 16.7 Å². The fraction of sp³-hybridized carbons (Fsp3) is 0.818. The Balaban J connectivity index is 0. The molecular weight excluding hydrogens is 431 g/mol. The molecule has 1 atom stereocenters. The van der Waals surface area contributed by atoms with Gasteiger partial charge in [0.15, 0.2) is 5.25 Å². The minimum Gasteiger partial charge on any atom is -0.747 e. The van der Waals surface area contributed by atoms with Gasteiger partial charge in [0.25, 0.3) is 0 Å². The second-order valence-electron chi connectivity index (χ2n) is 7.57. The third-order valence-corrected chi connectivity index (χ3v) is 5.87. The summed E-state index contributed by atoms with van der Waals surface area (Å²) in [6.45, 7) is 5.48. The second kappa shape index (κ2) is 21.4. The Morgan fingerprint density at radius 1 is 0.871 bits per heavy atom. The smallest absolute Gasteiger partial charge is 0.747 e. The molecule has 31 heavy (non-hydrogen) atoms. The van der Waals surface area contributed by atoms with E-state index in [1.54, 1.807) is 0 Å². The van der Waals surface area contributed by atoms with Gasteiger partial charge in [-0.05, 0) is 6.42 Å². The van der Waals surface area contributed by atoms with Crippen molar-refractivity contribution < 1.29 is 61.6 Å². The third-order valence-electron chi connectivity index (χ3n) is 4.82. The molecule has 0 N–H and O–H groups in total. The Morgan fingerprint density at radius 3 is 1.74 bits per heavy atom. The maximum absolute atomic E-state index is 11.9. The van der Waals surface area contributed by atoms with E-state index in [-0.39, 0.29) is 42.8 Å².